The number of halogens is 3. The number of hydrogen-bond acceptors (Lipinski definition) is 5. The molecule has 1 aromatic carbocycles. The molecule has 32 heavy (non-hydrogen) atoms. The number of sulfonamides is 1. The summed E-state index contributed by atoms with van der Waals surface area (Å²) in [6.07, 6.45) is -1.36. The van der Waals surface area contributed by atoms with Gasteiger partial charge in [0.25, 0.3) is 0 Å². The van der Waals surface area contributed by atoms with Gasteiger partial charge in [-0.15, -0.1) is 0 Å². The average Bonchev–Trinajstić information content (AvgIpc) is 3.15. The summed E-state index contributed by atoms with van der Waals surface area (Å²) in [6.45, 7) is 4.13. The molecule has 0 N–H and O–H groups in total. The first-order chi connectivity index (χ1) is 15.0. The van der Waals surface area contributed by atoms with Crippen molar-refractivity contribution in [3.63, 3.8) is 0 Å². The van der Waals surface area contributed by atoms with Gasteiger partial charge in [0.2, 0.25) is 10.0 Å². The zero-order valence-corrected chi connectivity index (χ0v) is 18.5. The predicted octanol–water partition coefficient (Wildman–Crippen LogP) is 3.62. The molecule has 1 saturated heterocycles. The number of carbonyl (C=O) groups excluding carboxylic acids is 1. The number of aldehydes is 1. The second kappa shape index (κ2) is 8.15. The zero-order chi connectivity index (χ0) is 23.3. The largest absolute Gasteiger partial charge is 0.417 e. The lowest BCUT2D eigenvalue weighted by molar-refractivity contribution is -0.137. The molecule has 2 aliphatic rings. The quantitative estimate of drug-likeness (QED) is 0.643. The van der Waals surface area contributed by atoms with Gasteiger partial charge >= 0.3 is 6.18 Å². The number of hydrogen-bond donors (Lipinski definition) is 0. The van der Waals surface area contributed by atoms with Crippen molar-refractivity contribution in [2.24, 2.45) is 0 Å². The van der Waals surface area contributed by atoms with Crippen LogP contribution in [0, 0.1) is 0 Å². The number of anilines is 1. The minimum absolute atomic E-state index is 0.157. The van der Waals surface area contributed by atoms with E-state index < -0.39 is 33.8 Å². The van der Waals surface area contributed by atoms with Crippen LogP contribution in [0.25, 0.3) is 0 Å². The van der Waals surface area contributed by atoms with Gasteiger partial charge in [0.05, 0.1) is 10.5 Å². The van der Waals surface area contributed by atoms with Gasteiger partial charge in [0, 0.05) is 37.3 Å². The van der Waals surface area contributed by atoms with E-state index in [0.29, 0.717) is 25.3 Å². The highest BCUT2D eigenvalue weighted by Gasteiger charge is 2.40. The standard InChI is InChI=1S/C22H24F3N3O3S/c1-14-11-27(21-8-6-18(10-26-21)22(23,24)25)12-15(2)28(14)32(30,31)19-7-5-16-3-4-17(13-29)20(16)9-19/h5-10,13-15,17H,3-4,11-12H2,1-2H3/t14-,15-,17?/m0/s1. The number of piperazine rings is 1. The van der Waals surface area contributed by atoms with Gasteiger partial charge in [-0.3, -0.25) is 0 Å². The van der Waals surface area contributed by atoms with E-state index in [9.17, 15) is 26.4 Å². The number of aryl methyl sites for hydroxylation is 1. The Kier molecular flexibility index (Phi) is 5.79. The molecule has 1 aromatic heterocycles. The molecular formula is C22H24F3N3O3S. The third kappa shape index (κ3) is 4.01. The molecule has 1 fully saturated rings. The fourth-order valence-electron chi connectivity index (χ4n) is 4.75. The molecule has 172 valence electrons. The van der Waals surface area contributed by atoms with Crippen molar-refractivity contribution in [3.05, 3.63) is 53.2 Å². The lowest BCUT2D eigenvalue weighted by atomic mass is 10.0. The van der Waals surface area contributed by atoms with Crippen LogP contribution in [-0.4, -0.2) is 49.2 Å². The molecule has 0 radical (unpaired) electrons. The van der Waals surface area contributed by atoms with Crippen molar-refractivity contribution in [1.29, 1.82) is 0 Å². The molecule has 2 aromatic rings. The number of rotatable bonds is 4. The van der Waals surface area contributed by atoms with Gasteiger partial charge in [0.1, 0.15) is 12.1 Å². The smallest absolute Gasteiger partial charge is 0.353 e. The van der Waals surface area contributed by atoms with Crippen LogP contribution in [0.15, 0.2) is 41.4 Å². The van der Waals surface area contributed by atoms with Gasteiger partial charge < -0.3 is 9.69 Å². The fraction of sp³-hybridized carbons (Fsp3) is 0.455. The van der Waals surface area contributed by atoms with E-state index in [-0.39, 0.29) is 10.8 Å². The van der Waals surface area contributed by atoms with Crippen LogP contribution >= 0.6 is 0 Å². The molecule has 0 saturated carbocycles. The molecule has 0 bridgehead atoms. The van der Waals surface area contributed by atoms with Gasteiger partial charge in [-0.25, -0.2) is 13.4 Å². The van der Waals surface area contributed by atoms with Gasteiger partial charge in [-0.2, -0.15) is 17.5 Å². The molecule has 1 aliphatic carbocycles. The van der Waals surface area contributed by atoms with Crippen LogP contribution in [-0.2, 0) is 27.4 Å². The Bertz CT molecular complexity index is 1110. The lowest BCUT2D eigenvalue weighted by Gasteiger charge is -2.43. The number of carbonyl (C=O) groups is 1. The highest BCUT2D eigenvalue weighted by atomic mass is 32.2. The summed E-state index contributed by atoms with van der Waals surface area (Å²) in [4.78, 5) is 17.3. The highest BCUT2D eigenvalue weighted by molar-refractivity contribution is 7.89. The molecule has 1 aliphatic heterocycles. The Balaban J connectivity index is 1.57. The molecular weight excluding hydrogens is 443 g/mol. The van der Waals surface area contributed by atoms with Crippen molar-refractivity contribution in [3.8, 4) is 0 Å². The normalized spacial score (nSPS) is 24.4. The van der Waals surface area contributed by atoms with Gasteiger partial charge in [-0.05, 0) is 62.1 Å². The maximum absolute atomic E-state index is 13.5. The second-order valence-electron chi connectivity index (χ2n) is 8.48. The summed E-state index contributed by atoms with van der Waals surface area (Å²) in [5, 5.41) is 0. The predicted molar refractivity (Wildman–Crippen MR) is 113 cm³/mol. The van der Waals surface area contributed by atoms with Crippen LogP contribution < -0.4 is 4.90 Å². The monoisotopic (exact) mass is 467 g/mol. The minimum Gasteiger partial charge on any atom is -0.353 e. The van der Waals surface area contributed by atoms with Crippen LogP contribution in [0.3, 0.4) is 0 Å². The summed E-state index contributed by atoms with van der Waals surface area (Å²) in [7, 11) is -3.82. The Hall–Kier alpha value is -2.46. The first-order valence-corrected chi connectivity index (χ1v) is 11.9. The van der Waals surface area contributed by atoms with Crippen LogP contribution in [0.1, 0.15) is 42.9 Å². The average molecular weight is 468 g/mol. The van der Waals surface area contributed by atoms with E-state index in [1.807, 2.05) is 0 Å². The van der Waals surface area contributed by atoms with Gasteiger partial charge in [-0.1, -0.05) is 6.07 Å². The highest BCUT2D eigenvalue weighted by Crippen LogP contribution is 2.35. The van der Waals surface area contributed by atoms with E-state index in [1.54, 1.807) is 36.9 Å². The minimum atomic E-state index is -4.46. The molecule has 6 nitrogen and oxygen atoms in total. The third-order valence-corrected chi connectivity index (χ3v) is 8.34. The van der Waals surface area contributed by atoms with Crippen LogP contribution in [0.5, 0.6) is 0 Å². The lowest BCUT2D eigenvalue weighted by Crippen LogP contribution is -2.58. The molecule has 10 heteroatoms. The van der Waals surface area contributed by atoms with E-state index in [4.69, 9.17) is 0 Å². The van der Waals surface area contributed by atoms with E-state index in [0.717, 1.165) is 36.1 Å². The topological polar surface area (TPSA) is 70.6 Å². The van der Waals surface area contributed by atoms with Crippen molar-refractivity contribution in [2.75, 3.05) is 18.0 Å². The SMILES string of the molecule is C[C@H]1CN(c2ccc(C(F)(F)F)cn2)C[C@H](C)N1S(=O)(=O)c1ccc2c(c1)C(C=O)CC2. The Morgan fingerprint density at radius 1 is 1.09 bits per heavy atom. The first kappa shape index (κ1) is 22.7. The maximum Gasteiger partial charge on any atom is 0.417 e. The summed E-state index contributed by atoms with van der Waals surface area (Å²) < 4.78 is 66.8. The fourth-order valence-corrected chi connectivity index (χ4v) is 6.59. The Morgan fingerprint density at radius 2 is 1.78 bits per heavy atom. The maximum atomic E-state index is 13.5. The summed E-state index contributed by atoms with van der Waals surface area (Å²) in [5.41, 5.74) is 0.947. The Morgan fingerprint density at radius 3 is 2.34 bits per heavy atom. The molecule has 4 rings (SSSR count). The van der Waals surface area contributed by atoms with E-state index in [2.05, 4.69) is 4.98 Å². The van der Waals surface area contributed by atoms with Crippen molar-refractivity contribution >= 4 is 22.1 Å². The summed E-state index contributed by atoms with van der Waals surface area (Å²) in [5.74, 6) is 0.0951. The van der Waals surface area contributed by atoms with E-state index in [1.165, 1.54) is 10.4 Å². The molecule has 3 atom stereocenters. The number of aromatic nitrogens is 1. The van der Waals surface area contributed by atoms with E-state index >= 15 is 0 Å². The van der Waals surface area contributed by atoms with Gasteiger partial charge in [0.15, 0.2) is 0 Å². The number of pyridine rings is 1. The summed E-state index contributed by atoms with van der Waals surface area (Å²) >= 11 is 0. The molecule has 0 spiro atoms. The second-order valence-corrected chi connectivity index (χ2v) is 10.3. The first-order valence-electron chi connectivity index (χ1n) is 10.4. The van der Waals surface area contributed by atoms with Crippen LogP contribution in [0.4, 0.5) is 19.0 Å². The number of benzene rings is 1. The van der Waals surface area contributed by atoms with Crippen molar-refractivity contribution in [1.82, 2.24) is 9.29 Å². The molecule has 0 amide bonds. The van der Waals surface area contributed by atoms with Crippen molar-refractivity contribution in [2.45, 2.75) is 55.8 Å². The Labute approximate surface area is 185 Å². The van der Waals surface area contributed by atoms with Crippen molar-refractivity contribution < 1.29 is 26.4 Å². The number of fused-ring (bicyclic) bond motifs is 1. The number of nitrogens with zero attached hydrogens (tertiary/aromatic N) is 3. The molecule has 2 heterocycles. The molecule has 1 unspecified atom stereocenters. The van der Waals surface area contributed by atoms with Crippen LogP contribution in [0.2, 0.25) is 0 Å². The number of alkyl halides is 3. The zero-order valence-electron chi connectivity index (χ0n) is 17.7. The third-order valence-electron chi connectivity index (χ3n) is 6.22. The summed E-state index contributed by atoms with van der Waals surface area (Å²) in [6, 6.07) is 6.42.